The first-order chi connectivity index (χ1) is 17.5. The molecule has 0 saturated heterocycles. The van der Waals surface area contributed by atoms with Crippen LogP contribution in [0, 0.1) is 10.1 Å². The lowest BCUT2D eigenvalue weighted by Gasteiger charge is -2.16. The number of nitro benzene ring substituents is 1. The zero-order valence-corrected chi connectivity index (χ0v) is 19.9. The molecule has 1 atom stereocenters. The average Bonchev–Trinajstić information content (AvgIpc) is 2.92. The molecular weight excluding hydrogens is 458 g/mol. The summed E-state index contributed by atoms with van der Waals surface area (Å²) < 4.78 is 17.6. The van der Waals surface area contributed by atoms with Crippen LogP contribution in [0.25, 0.3) is 0 Å². The molecule has 0 bridgehead atoms. The molecule has 4 aromatic carbocycles. The van der Waals surface area contributed by atoms with Gasteiger partial charge in [0.05, 0.1) is 11.5 Å². The number of nitrogens with zero attached hydrogens (tertiary/aromatic N) is 1. The van der Waals surface area contributed by atoms with Crippen LogP contribution in [0.4, 0.5) is 5.69 Å². The molecule has 0 aliphatic carbocycles. The van der Waals surface area contributed by atoms with Crippen LogP contribution in [-0.4, -0.2) is 10.0 Å². The second kappa shape index (κ2) is 11.9. The van der Waals surface area contributed by atoms with Crippen molar-refractivity contribution in [2.45, 2.75) is 32.8 Å². The van der Waals surface area contributed by atoms with Crippen molar-refractivity contribution >= 4 is 5.69 Å². The number of hydrogen-bond donors (Lipinski definition) is 1. The fourth-order valence-electron chi connectivity index (χ4n) is 3.60. The molecule has 36 heavy (non-hydrogen) atoms. The number of aliphatic hydroxyl groups excluding tert-OH is 1. The Morgan fingerprint density at radius 1 is 0.778 bits per heavy atom. The zero-order valence-electron chi connectivity index (χ0n) is 19.9. The maximum Gasteiger partial charge on any atom is 0.311 e. The third kappa shape index (κ3) is 6.61. The minimum Gasteiger partial charge on any atom is -0.489 e. The van der Waals surface area contributed by atoms with Crippen LogP contribution in [0.15, 0.2) is 97.1 Å². The molecule has 4 rings (SSSR count). The maximum atomic E-state index is 11.3. The van der Waals surface area contributed by atoms with Gasteiger partial charge < -0.3 is 19.3 Å². The summed E-state index contributed by atoms with van der Waals surface area (Å²) in [5.41, 5.74) is 3.26. The highest BCUT2D eigenvalue weighted by Gasteiger charge is 2.16. The van der Waals surface area contributed by atoms with Crippen LogP contribution in [0.5, 0.6) is 17.2 Å². The second-order valence-corrected chi connectivity index (χ2v) is 8.25. The Kier molecular flexibility index (Phi) is 8.16. The van der Waals surface area contributed by atoms with Crippen LogP contribution >= 0.6 is 0 Å². The Bertz CT molecular complexity index is 1270. The molecule has 0 radical (unpaired) electrons. The molecular formula is C29H27NO6. The predicted molar refractivity (Wildman–Crippen MR) is 136 cm³/mol. The number of aliphatic hydroxyl groups is 1. The van der Waals surface area contributed by atoms with Crippen LogP contribution in [0.2, 0.25) is 0 Å². The van der Waals surface area contributed by atoms with E-state index >= 15 is 0 Å². The first-order valence-electron chi connectivity index (χ1n) is 11.5. The first-order valence-corrected chi connectivity index (χ1v) is 11.5. The van der Waals surface area contributed by atoms with Crippen LogP contribution in [0.3, 0.4) is 0 Å². The normalized spacial score (nSPS) is 11.5. The summed E-state index contributed by atoms with van der Waals surface area (Å²) in [5.74, 6) is 1.65. The third-order valence-electron chi connectivity index (χ3n) is 5.63. The lowest BCUT2D eigenvalue weighted by atomic mass is 10.1. The van der Waals surface area contributed by atoms with Crippen LogP contribution < -0.4 is 14.2 Å². The van der Waals surface area contributed by atoms with Gasteiger partial charge in [-0.25, -0.2) is 0 Å². The van der Waals surface area contributed by atoms with Crippen molar-refractivity contribution in [2.75, 3.05) is 0 Å². The van der Waals surface area contributed by atoms with Gasteiger partial charge in [0, 0.05) is 6.07 Å². The average molecular weight is 486 g/mol. The summed E-state index contributed by atoms with van der Waals surface area (Å²) >= 11 is 0. The van der Waals surface area contributed by atoms with E-state index in [0.29, 0.717) is 17.9 Å². The van der Waals surface area contributed by atoms with Crippen molar-refractivity contribution in [1.82, 2.24) is 0 Å². The van der Waals surface area contributed by atoms with Crippen molar-refractivity contribution < 1.29 is 24.2 Å². The van der Waals surface area contributed by atoms with Crippen LogP contribution in [0.1, 0.15) is 35.3 Å². The van der Waals surface area contributed by atoms with Gasteiger partial charge in [-0.1, -0.05) is 60.7 Å². The van der Waals surface area contributed by atoms with Gasteiger partial charge in [0.25, 0.3) is 0 Å². The van der Waals surface area contributed by atoms with E-state index in [1.54, 1.807) is 6.07 Å². The van der Waals surface area contributed by atoms with Gasteiger partial charge in [0.2, 0.25) is 0 Å². The number of ether oxygens (including phenoxy) is 3. The lowest BCUT2D eigenvalue weighted by molar-refractivity contribution is -0.386. The Morgan fingerprint density at radius 3 is 2.06 bits per heavy atom. The molecule has 0 heterocycles. The summed E-state index contributed by atoms with van der Waals surface area (Å²) in [4.78, 5) is 10.8. The topological polar surface area (TPSA) is 91.1 Å². The molecule has 1 N–H and O–H groups in total. The van der Waals surface area contributed by atoms with Crippen molar-refractivity contribution in [3.05, 3.63) is 129 Å². The number of nitro groups is 1. The molecule has 0 aliphatic rings. The van der Waals surface area contributed by atoms with Gasteiger partial charge in [-0.2, -0.15) is 0 Å². The summed E-state index contributed by atoms with van der Waals surface area (Å²) in [6.07, 6.45) is -0.164. The van der Waals surface area contributed by atoms with Gasteiger partial charge in [-0.05, 0) is 59.5 Å². The van der Waals surface area contributed by atoms with Crippen molar-refractivity contribution in [1.29, 1.82) is 0 Å². The summed E-state index contributed by atoms with van der Waals surface area (Å²) in [6.45, 7) is 2.39. The lowest BCUT2D eigenvalue weighted by Crippen LogP contribution is -2.04. The van der Waals surface area contributed by atoms with Gasteiger partial charge in [0.15, 0.2) is 5.75 Å². The van der Waals surface area contributed by atoms with Gasteiger partial charge in [-0.15, -0.1) is 0 Å². The smallest absolute Gasteiger partial charge is 0.311 e. The Balaban J connectivity index is 1.30. The van der Waals surface area contributed by atoms with Gasteiger partial charge in [0.1, 0.15) is 30.8 Å². The summed E-state index contributed by atoms with van der Waals surface area (Å²) in [6, 6.07) is 29.7. The van der Waals surface area contributed by atoms with E-state index in [4.69, 9.17) is 14.2 Å². The maximum absolute atomic E-state index is 11.3. The monoisotopic (exact) mass is 485 g/mol. The second-order valence-electron chi connectivity index (χ2n) is 8.25. The standard InChI is InChI=1S/C29H27NO6/c1-21(25-10-14-26(15-11-25)34-19-22-5-3-2-4-6-22)36-27-12-7-23(8-13-27)20-35-29-16-9-24(18-31)17-28(29)30(32)33/h2-17,21,31H,18-20H2,1H3. The molecule has 1 unspecified atom stereocenters. The fraction of sp³-hybridized carbons (Fsp3) is 0.172. The zero-order chi connectivity index (χ0) is 25.3. The first kappa shape index (κ1) is 24.8. The minimum atomic E-state index is -0.519. The summed E-state index contributed by atoms with van der Waals surface area (Å²) in [5, 5.41) is 20.5. The number of rotatable bonds is 11. The summed E-state index contributed by atoms with van der Waals surface area (Å²) in [7, 11) is 0. The highest BCUT2D eigenvalue weighted by Crippen LogP contribution is 2.29. The predicted octanol–water partition coefficient (Wildman–Crippen LogP) is 6.39. The van der Waals surface area contributed by atoms with Crippen molar-refractivity contribution in [3.63, 3.8) is 0 Å². The molecule has 0 fully saturated rings. The highest BCUT2D eigenvalue weighted by molar-refractivity contribution is 5.48. The molecule has 0 aromatic heterocycles. The minimum absolute atomic E-state index is 0.155. The van der Waals surface area contributed by atoms with E-state index < -0.39 is 4.92 Å². The van der Waals surface area contributed by atoms with E-state index in [1.165, 1.54) is 12.1 Å². The van der Waals surface area contributed by atoms with E-state index in [0.717, 1.165) is 22.4 Å². The van der Waals surface area contributed by atoms with Crippen molar-refractivity contribution in [3.8, 4) is 17.2 Å². The SMILES string of the molecule is CC(Oc1ccc(COc2ccc(CO)cc2[N+](=O)[O-])cc1)c1ccc(OCc2ccccc2)cc1. The number of hydrogen-bond acceptors (Lipinski definition) is 6. The Labute approximate surface area is 209 Å². The van der Waals surface area contributed by atoms with Gasteiger partial charge in [-0.3, -0.25) is 10.1 Å². The van der Waals surface area contributed by atoms with E-state index in [1.807, 2.05) is 85.8 Å². The molecule has 4 aromatic rings. The van der Waals surface area contributed by atoms with E-state index in [2.05, 4.69) is 0 Å². The quantitative estimate of drug-likeness (QED) is 0.196. The third-order valence-corrected chi connectivity index (χ3v) is 5.63. The molecule has 184 valence electrons. The molecule has 7 nitrogen and oxygen atoms in total. The van der Waals surface area contributed by atoms with Crippen LogP contribution in [-0.2, 0) is 19.8 Å². The van der Waals surface area contributed by atoms with Crippen molar-refractivity contribution in [2.24, 2.45) is 0 Å². The number of benzene rings is 4. The largest absolute Gasteiger partial charge is 0.489 e. The highest BCUT2D eigenvalue weighted by atomic mass is 16.6. The fourth-order valence-corrected chi connectivity index (χ4v) is 3.60. The molecule has 0 aliphatic heterocycles. The molecule has 0 amide bonds. The Hall–Kier alpha value is -4.36. The Morgan fingerprint density at radius 2 is 1.39 bits per heavy atom. The molecule has 0 saturated carbocycles. The van der Waals surface area contributed by atoms with E-state index in [-0.39, 0.29) is 30.8 Å². The molecule has 7 heteroatoms. The van der Waals surface area contributed by atoms with Gasteiger partial charge >= 0.3 is 5.69 Å². The molecule has 0 spiro atoms. The van der Waals surface area contributed by atoms with E-state index in [9.17, 15) is 15.2 Å².